The first kappa shape index (κ1) is 22.0. The molecule has 1 fully saturated rings. The first-order chi connectivity index (χ1) is 15.6. The molecule has 2 aromatic carbocycles. The number of rotatable bonds is 7. The van der Waals surface area contributed by atoms with Crippen LogP contribution in [0.15, 0.2) is 54.7 Å². The standard InChI is InChI=1S/C25H28FN3O3/c1-3-32-25(30)19-7-6-14-28(15-19)16-20-17-29(23-9-5-4-8-22(23)26)27-24(20)18-10-12-21(31-2)13-11-18/h4-5,8-13,17,19H,3,6-7,14-16H2,1-2H3/t19-/m1/s1. The number of piperidine rings is 1. The Balaban J connectivity index is 1.65. The van der Waals surface area contributed by atoms with Crippen LogP contribution >= 0.6 is 0 Å². The van der Waals surface area contributed by atoms with Crippen molar-refractivity contribution in [2.24, 2.45) is 5.92 Å². The average Bonchev–Trinajstić information content (AvgIpc) is 3.23. The van der Waals surface area contributed by atoms with Crippen LogP contribution in [0.5, 0.6) is 5.75 Å². The molecule has 7 heteroatoms. The van der Waals surface area contributed by atoms with E-state index in [0.29, 0.717) is 25.4 Å². The van der Waals surface area contributed by atoms with E-state index >= 15 is 0 Å². The van der Waals surface area contributed by atoms with Gasteiger partial charge in [0.05, 0.1) is 25.3 Å². The molecule has 0 aliphatic carbocycles. The lowest BCUT2D eigenvalue weighted by Crippen LogP contribution is -2.38. The highest BCUT2D eigenvalue weighted by molar-refractivity contribution is 5.72. The minimum atomic E-state index is -0.330. The Bertz CT molecular complexity index is 1060. The first-order valence-corrected chi connectivity index (χ1v) is 11.0. The number of nitrogens with zero attached hydrogens (tertiary/aromatic N) is 3. The van der Waals surface area contributed by atoms with E-state index in [2.05, 4.69) is 4.90 Å². The van der Waals surface area contributed by atoms with E-state index in [1.165, 1.54) is 6.07 Å². The van der Waals surface area contributed by atoms with Crippen LogP contribution in [0.3, 0.4) is 0 Å². The second kappa shape index (κ2) is 9.96. The zero-order valence-electron chi connectivity index (χ0n) is 18.5. The molecule has 2 heterocycles. The number of hydrogen-bond donors (Lipinski definition) is 0. The molecule has 0 N–H and O–H groups in total. The summed E-state index contributed by atoms with van der Waals surface area (Å²) in [5.74, 6) is 0.185. The van der Waals surface area contributed by atoms with Crippen LogP contribution in [-0.4, -0.2) is 47.5 Å². The molecule has 0 saturated carbocycles. The molecule has 1 aliphatic rings. The van der Waals surface area contributed by atoms with E-state index in [-0.39, 0.29) is 17.7 Å². The summed E-state index contributed by atoms with van der Waals surface area (Å²) in [6.07, 6.45) is 3.66. The number of esters is 1. The van der Waals surface area contributed by atoms with Gasteiger partial charge in [0.2, 0.25) is 0 Å². The van der Waals surface area contributed by atoms with E-state index in [0.717, 1.165) is 42.0 Å². The number of halogens is 1. The maximum absolute atomic E-state index is 14.4. The van der Waals surface area contributed by atoms with Crippen LogP contribution in [0.1, 0.15) is 25.3 Å². The van der Waals surface area contributed by atoms with Crippen molar-refractivity contribution in [1.29, 1.82) is 0 Å². The lowest BCUT2D eigenvalue weighted by atomic mass is 9.97. The fourth-order valence-corrected chi connectivity index (χ4v) is 4.17. The van der Waals surface area contributed by atoms with Crippen LogP contribution in [-0.2, 0) is 16.1 Å². The lowest BCUT2D eigenvalue weighted by Gasteiger charge is -2.31. The number of aromatic nitrogens is 2. The van der Waals surface area contributed by atoms with Crippen molar-refractivity contribution in [3.05, 3.63) is 66.1 Å². The van der Waals surface area contributed by atoms with Gasteiger partial charge in [-0.15, -0.1) is 0 Å². The fourth-order valence-electron chi connectivity index (χ4n) is 4.17. The monoisotopic (exact) mass is 437 g/mol. The maximum atomic E-state index is 14.4. The van der Waals surface area contributed by atoms with E-state index in [4.69, 9.17) is 14.6 Å². The third kappa shape index (κ3) is 4.83. The zero-order chi connectivity index (χ0) is 22.5. The molecule has 1 aliphatic heterocycles. The molecule has 0 amide bonds. The summed E-state index contributed by atoms with van der Waals surface area (Å²) in [7, 11) is 1.63. The Morgan fingerprint density at radius 3 is 2.69 bits per heavy atom. The molecule has 6 nitrogen and oxygen atoms in total. The van der Waals surface area contributed by atoms with Gasteiger partial charge < -0.3 is 9.47 Å². The van der Waals surface area contributed by atoms with Gasteiger partial charge in [-0.25, -0.2) is 9.07 Å². The fraction of sp³-hybridized carbons (Fsp3) is 0.360. The van der Waals surface area contributed by atoms with Gasteiger partial charge in [0.15, 0.2) is 0 Å². The van der Waals surface area contributed by atoms with Crippen molar-refractivity contribution < 1.29 is 18.7 Å². The highest BCUT2D eigenvalue weighted by atomic mass is 19.1. The average molecular weight is 438 g/mol. The van der Waals surface area contributed by atoms with Gasteiger partial charge in [0, 0.05) is 30.4 Å². The Kier molecular flexibility index (Phi) is 6.85. The number of carbonyl (C=O) groups excluding carboxylic acids is 1. The lowest BCUT2D eigenvalue weighted by molar-refractivity contribution is -0.150. The topological polar surface area (TPSA) is 56.6 Å². The van der Waals surface area contributed by atoms with Gasteiger partial charge >= 0.3 is 5.97 Å². The van der Waals surface area contributed by atoms with Crippen LogP contribution in [0.4, 0.5) is 4.39 Å². The van der Waals surface area contributed by atoms with Gasteiger partial charge in [-0.2, -0.15) is 5.10 Å². The summed E-state index contributed by atoms with van der Waals surface area (Å²) >= 11 is 0. The predicted octanol–water partition coefficient (Wildman–Crippen LogP) is 4.46. The minimum Gasteiger partial charge on any atom is -0.497 e. The number of carbonyl (C=O) groups is 1. The molecule has 1 aromatic heterocycles. The number of methoxy groups -OCH3 is 1. The molecule has 1 saturated heterocycles. The van der Waals surface area contributed by atoms with E-state index < -0.39 is 0 Å². The molecule has 4 rings (SSSR count). The van der Waals surface area contributed by atoms with Gasteiger partial charge in [-0.05, 0) is 62.7 Å². The van der Waals surface area contributed by atoms with Crippen LogP contribution in [0, 0.1) is 11.7 Å². The SMILES string of the molecule is CCOC(=O)[C@@H]1CCCN(Cc2cn(-c3ccccc3F)nc2-c2ccc(OC)cc2)C1. The van der Waals surface area contributed by atoms with Crippen molar-refractivity contribution in [3.8, 4) is 22.7 Å². The molecule has 3 aromatic rings. The van der Waals surface area contributed by atoms with E-state index in [9.17, 15) is 9.18 Å². The number of benzene rings is 2. The molecular weight excluding hydrogens is 409 g/mol. The smallest absolute Gasteiger partial charge is 0.310 e. The van der Waals surface area contributed by atoms with Crippen LogP contribution in [0.2, 0.25) is 0 Å². The molecular formula is C25H28FN3O3. The normalized spacial score (nSPS) is 16.7. The van der Waals surface area contributed by atoms with E-state index in [1.807, 2.05) is 37.4 Å². The summed E-state index contributed by atoms with van der Waals surface area (Å²) in [5, 5.41) is 4.73. The Labute approximate surface area is 187 Å². The highest BCUT2D eigenvalue weighted by Crippen LogP contribution is 2.29. The largest absolute Gasteiger partial charge is 0.497 e. The van der Waals surface area contributed by atoms with Crippen molar-refractivity contribution in [3.63, 3.8) is 0 Å². The van der Waals surface area contributed by atoms with Crippen molar-refractivity contribution >= 4 is 5.97 Å². The van der Waals surface area contributed by atoms with Gasteiger partial charge in [0.1, 0.15) is 17.3 Å². The number of hydrogen-bond acceptors (Lipinski definition) is 5. The van der Waals surface area contributed by atoms with Crippen molar-refractivity contribution in [2.45, 2.75) is 26.3 Å². The molecule has 0 spiro atoms. The first-order valence-electron chi connectivity index (χ1n) is 11.0. The number of para-hydroxylation sites is 1. The summed E-state index contributed by atoms with van der Waals surface area (Å²) < 4.78 is 26.6. The third-order valence-corrected chi connectivity index (χ3v) is 5.77. The molecule has 168 valence electrons. The van der Waals surface area contributed by atoms with Crippen LogP contribution in [0.25, 0.3) is 16.9 Å². The zero-order valence-corrected chi connectivity index (χ0v) is 18.5. The minimum absolute atomic E-state index is 0.116. The third-order valence-electron chi connectivity index (χ3n) is 5.77. The predicted molar refractivity (Wildman–Crippen MR) is 120 cm³/mol. The summed E-state index contributed by atoms with van der Waals surface area (Å²) in [5.41, 5.74) is 3.09. The summed E-state index contributed by atoms with van der Waals surface area (Å²) in [6.45, 7) is 4.38. The number of ether oxygens (including phenoxy) is 2. The molecule has 0 bridgehead atoms. The summed E-state index contributed by atoms with van der Waals surface area (Å²) in [4.78, 5) is 14.5. The Morgan fingerprint density at radius 1 is 1.19 bits per heavy atom. The Hall–Kier alpha value is -3.19. The quantitative estimate of drug-likeness (QED) is 0.511. The summed E-state index contributed by atoms with van der Waals surface area (Å²) in [6, 6.07) is 14.3. The van der Waals surface area contributed by atoms with Gasteiger partial charge in [0.25, 0.3) is 0 Å². The van der Waals surface area contributed by atoms with Crippen molar-refractivity contribution in [2.75, 3.05) is 26.8 Å². The Morgan fingerprint density at radius 2 is 1.97 bits per heavy atom. The van der Waals surface area contributed by atoms with E-state index in [1.54, 1.807) is 30.0 Å². The second-order valence-corrected chi connectivity index (χ2v) is 7.95. The molecule has 1 atom stereocenters. The second-order valence-electron chi connectivity index (χ2n) is 7.95. The number of likely N-dealkylation sites (tertiary alicyclic amines) is 1. The molecule has 0 unspecified atom stereocenters. The van der Waals surface area contributed by atoms with Gasteiger partial charge in [-0.3, -0.25) is 9.69 Å². The highest BCUT2D eigenvalue weighted by Gasteiger charge is 2.28. The maximum Gasteiger partial charge on any atom is 0.310 e. The van der Waals surface area contributed by atoms with Crippen molar-refractivity contribution in [1.82, 2.24) is 14.7 Å². The van der Waals surface area contributed by atoms with Gasteiger partial charge in [-0.1, -0.05) is 12.1 Å². The van der Waals surface area contributed by atoms with Crippen LogP contribution < -0.4 is 4.74 Å². The molecule has 32 heavy (non-hydrogen) atoms. The molecule has 0 radical (unpaired) electrons.